The predicted octanol–water partition coefficient (Wildman–Crippen LogP) is 1.73. The van der Waals surface area contributed by atoms with E-state index < -0.39 is 6.03 Å². The number of rotatable bonds is 7. The number of piperidine rings is 1. The highest BCUT2D eigenvalue weighted by Gasteiger charge is 2.23. The van der Waals surface area contributed by atoms with Gasteiger partial charge in [0.05, 0.1) is 6.54 Å². The zero-order valence-corrected chi connectivity index (χ0v) is 17.4. The average molecular weight is 418 g/mol. The Morgan fingerprint density at radius 2 is 1.93 bits per heavy atom. The standard InChI is InChI=1S/C21H30N4O5/c1-2-4-19(26)22-12-15-5-3-8-25(13-15)14-20(27)24-21(28)23-16-6-7-17-18(11-16)30-10-9-29-17/h6-7,11,15H,2-5,8-10,12-14H2,1H3,(H,22,26)(H2,23,24,27,28). The smallest absolute Gasteiger partial charge is 0.325 e. The average Bonchev–Trinajstić information content (AvgIpc) is 2.72. The van der Waals surface area contributed by atoms with E-state index in [1.807, 2.05) is 11.8 Å². The van der Waals surface area contributed by atoms with Gasteiger partial charge in [0.15, 0.2) is 11.5 Å². The number of amides is 4. The summed E-state index contributed by atoms with van der Waals surface area (Å²) < 4.78 is 10.9. The summed E-state index contributed by atoms with van der Waals surface area (Å²) in [5, 5.41) is 7.97. The van der Waals surface area contributed by atoms with Crippen LogP contribution in [-0.4, -0.2) is 62.1 Å². The largest absolute Gasteiger partial charge is 0.486 e. The minimum atomic E-state index is -0.586. The van der Waals surface area contributed by atoms with Crippen LogP contribution in [0.25, 0.3) is 0 Å². The normalized spacial score (nSPS) is 18.4. The zero-order chi connectivity index (χ0) is 21.3. The molecule has 4 amide bonds. The van der Waals surface area contributed by atoms with Crippen molar-refractivity contribution in [2.75, 3.05) is 44.7 Å². The van der Waals surface area contributed by atoms with Crippen molar-refractivity contribution in [2.45, 2.75) is 32.6 Å². The van der Waals surface area contributed by atoms with Gasteiger partial charge in [-0.25, -0.2) is 4.79 Å². The Morgan fingerprint density at radius 1 is 1.13 bits per heavy atom. The second-order valence-corrected chi connectivity index (χ2v) is 7.66. The third-order valence-electron chi connectivity index (χ3n) is 5.09. The van der Waals surface area contributed by atoms with E-state index in [0.717, 1.165) is 32.4 Å². The van der Waals surface area contributed by atoms with Crippen LogP contribution in [0, 0.1) is 5.92 Å². The lowest BCUT2D eigenvalue weighted by molar-refractivity contribution is -0.123. The van der Waals surface area contributed by atoms with E-state index in [9.17, 15) is 14.4 Å². The number of nitrogens with one attached hydrogen (secondary N) is 3. The van der Waals surface area contributed by atoms with Gasteiger partial charge in [-0.3, -0.25) is 19.8 Å². The number of hydrogen-bond donors (Lipinski definition) is 3. The van der Waals surface area contributed by atoms with Crippen molar-refractivity contribution >= 4 is 23.5 Å². The van der Waals surface area contributed by atoms with Crippen LogP contribution in [0.5, 0.6) is 11.5 Å². The lowest BCUT2D eigenvalue weighted by Gasteiger charge is -2.32. The molecule has 0 saturated carbocycles. The van der Waals surface area contributed by atoms with Crippen LogP contribution >= 0.6 is 0 Å². The zero-order valence-electron chi connectivity index (χ0n) is 17.4. The number of anilines is 1. The molecule has 0 bridgehead atoms. The van der Waals surface area contributed by atoms with Crippen molar-refractivity contribution in [2.24, 2.45) is 5.92 Å². The Bertz CT molecular complexity index is 770. The maximum Gasteiger partial charge on any atom is 0.325 e. The Morgan fingerprint density at radius 3 is 2.73 bits per heavy atom. The number of urea groups is 1. The van der Waals surface area contributed by atoms with Crippen LogP contribution in [0.1, 0.15) is 32.6 Å². The summed E-state index contributed by atoms with van der Waals surface area (Å²) in [5.41, 5.74) is 0.519. The Kier molecular flexibility index (Phi) is 7.89. The highest BCUT2D eigenvalue weighted by Crippen LogP contribution is 2.32. The fourth-order valence-electron chi connectivity index (χ4n) is 3.69. The molecule has 2 aliphatic rings. The van der Waals surface area contributed by atoms with Gasteiger partial charge in [0.25, 0.3) is 0 Å². The van der Waals surface area contributed by atoms with Gasteiger partial charge in [-0.15, -0.1) is 0 Å². The van der Waals surface area contributed by atoms with Gasteiger partial charge >= 0.3 is 6.03 Å². The third-order valence-corrected chi connectivity index (χ3v) is 5.09. The van der Waals surface area contributed by atoms with E-state index in [4.69, 9.17) is 9.47 Å². The summed E-state index contributed by atoms with van der Waals surface area (Å²) in [6, 6.07) is 4.50. The van der Waals surface area contributed by atoms with Crippen molar-refractivity contribution < 1.29 is 23.9 Å². The van der Waals surface area contributed by atoms with Crippen molar-refractivity contribution in [1.82, 2.24) is 15.5 Å². The summed E-state index contributed by atoms with van der Waals surface area (Å²) >= 11 is 0. The minimum Gasteiger partial charge on any atom is -0.486 e. The van der Waals surface area contributed by atoms with Gasteiger partial charge in [0.1, 0.15) is 13.2 Å². The molecule has 0 aliphatic carbocycles. The molecule has 1 saturated heterocycles. The van der Waals surface area contributed by atoms with Gasteiger partial charge in [-0.2, -0.15) is 0 Å². The Hall–Kier alpha value is -2.81. The molecule has 0 spiro atoms. The third kappa shape index (κ3) is 6.62. The van der Waals surface area contributed by atoms with Crippen molar-refractivity contribution in [3.05, 3.63) is 18.2 Å². The van der Waals surface area contributed by atoms with Gasteiger partial charge in [0, 0.05) is 31.3 Å². The number of imide groups is 1. The van der Waals surface area contributed by atoms with E-state index in [2.05, 4.69) is 16.0 Å². The predicted molar refractivity (Wildman–Crippen MR) is 112 cm³/mol. The van der Waals surface area contributed by atoms with Crippen molar-refractivity contribution in [1.29, 1.82) is 0 Å². The van der Waals surface area contributed by atoms with Gasteiger partial charge in [-0.1, -0.05) is 6.92 Å². The summed E-state index contributed by atoms with van der Waals surface area (Å²) in [7, 11) is 0. The summed E-state index contributed by atoms with van der Waals surface area (Å²) in [6.45, 7) is 5.23. The number of carbonyl (C=O) groups excluding carboxylic acids is 3. The molecule has 1 unspecified atom stereocenters. The molecule has 0 radical (unpaired) electrons. The fourth-order valence-corrected chi connectivity index (χ4v) is 3.69. The summed E-state index contributed by atoms with van der Waals surface area (Å²) in [6.07, 6.45) is 3.36. The van der Waals surface area contributed by atoms with Crippen LogP contribution in [0.4, 0.5) is 10.5 Å². The Balaban J connectivity index is 1.41. The quantitative estimate of drug-likeness (QED) is 0.622. The van der Waals surface area contributed by atoms with Gasteiger partial charge < -0.3 is 20.1 Å². The van der Waals surface area contributed by atoms with E-state index in [0.29, 0.717) is 49.3 Å². The summed E-state index contributed by atoms with van der Waals surface area (Å²) in [4.78, 5) is 38.1. The van der Waals surface area contributed by atoms with Crippen molar-refractivity contribution in [3.63, 3.8) is 0 Å². The highest BCUT2D eigenvalue weighted by molar-refractivity contribution is 6.01. The number of likely N-dealkylation sites (tertiary alicyclic amines) is 1. The highest BCUT2D eigenvalue weighted by atomic mass is 16.6. The van der Waals surface area contributed by atoms with Gasteiger partial charge in [-0.05, 0) is 43.9 Å². The van der Waals surface area contributed by atoms with Crippen LogP contribution in [0.3, 0.4) is 0 Å². The number of carbonyl (C=O) groups is 3. The maximum atomic E-state index is 12.3. The molecule has 164 valence electrons. The number of nitrogens with zero attached hydrogens (tertiary/aromatic N) is 1. The molecular formula is C21H30N4O5. The molecule has 1 aromatic carbocycles. The van der Waals surface area contributed by atoms with Crippen molar-refractivity contribution in [3.8, 4) is 11.5 Å². The SMILES string of the molecule is CCCC(=O)NCC1CCCN(CC(=O)NC(=O)Nc2ccc3c(c2)OCCO3)C1. The molecule has 1 aromatic rings. The molecule has 1 atom stereocenters. The molecule has 9 nitrogen and oxygen atoms in total. The molecule has 9 heteroatoms. The number of ether oxygens (including phenoxy) is 2. The first-order valence-corrected chi connectivity index (χ1v) is 10.5. The van der Waals surface area contributed by atoms with Crippen LogP contribution in [0.2, 0.25) is 0 Å². The molecule has 3 rings (SSSR count). The van der Waals surface area contributed by atoms with Crippen LogP contribution in [0.15, 0.2) is 18.2 Å². The summed E-state index contributed by atoms with van der Waals surface area (Å²) in [5.74, 6) is 1.23. The second kappa shape index (κ2) is 10.8. The molecule has 2 aliphatic heterocycles. The first-order valence-electron chi connectivity index (χ1n) is 10.5. The monoisotopic (exact) mass is 418 g/mol. The van der Waals surface area contributed by atoms with E-state index in [-0.39, 0.29) is 18.4 Å². The molecule has 30 heavy (non-hydrogen) atoms. The van der Waals surface area contributed by atoms with E-state index in [1.165, 1.54) is 0 Å². The van der Waals surface area contributed by atoms with Gasteiger partial charge in [0.2, 0.25) is 11.8 Å². The molecular weight excluding hydrogens is 388 g/mol. The second-order valence-electron chi connectivity index (χ2n) is 7.66. The fraction of sp³-hybridized carbons (Fsp3) is 0.571. The first kappa shape index (κ1) is 21.9. The van der Waals surface area contributed by atoms with Crippen LogP contribution < -0.4 is 25.4 Å². The number of benzene rings is 1. The molecule has 1 fully saturated rings. The van der Waals surface area contributed by atoms with Crippen LogP contribution in [-0.2, 0) is 9.59 Å². The number of fused-ring (bicyclic) bond motifs is 1. The first-order chi connectivity index (χ1) is 14.5. The lowest BCUT2D eigenvalue weighted by Crippen LogP contribution is -2.46. The minimum absolute atomic E-state index is 0.0724. The van der Waals surface area contributed by atoms with E-state index in [1.54, 1.807) is 18.2 Å². The molecule has 2 heterocycles. The maximum absolute atomic E-state index is 12.3. The molecule has 0 aromatic heterocycles. The number of hydrogen-bond acceptors (Lipinski definition) is 6. The molecule has 3 N–H and O–H groups in total. The topological polar surface area (TPSA) is 109 Å². The van der Waals surface area contributed by atoms with E-state index >= 15 is 0 Å². The Labute approximate surface area is 176 Å². The lowest BCUT2D eigenvalue weighted by atomic mass is 9.98.